The first-order chi connectivity index (χ1) is 8.33. The van der Waals surface area contributed by atoms with Gasteiger partial charge in [-0.3, -0.25) is 0 Å². The van der Waals surface area contributed by atoms with Crippen LogP contribution in [0.15, 0.2) is 36.9 Å². The first kappa shape index (κ1) is 9.90. The smallest absolute Gasteiger partial charge is 0.139 e. The number of para-hydroxylation sites is 1. The second kappa shape index (κ2) is 3.63. The summed E-state index contributed by atoms with van der Waals surface area (Å²) in [5.74, 6) is 0. The molecule has 17 heavy (non-hydrogen) atoms. The lowest BCUT2D eigenvalue weighted by atomic mass is 10.1. The third-order valence-corrected chi connectivity index (χ3v) is 2.98. The van der Waals surface area contributed by atoms with Crippen molar-refractivity contribution < 1.29 is 0 Å². The summed E-state index contributed by atoms with van der Waals surface area (Å²) < 4.78 is 0. The van der Waals surface area contributed by atoms with Gasteiger partial charge in [0, 0.05) is 23.3 Å². The summed E-state index contributed by atoms with van der Waals surface area (Å²) in [5.41, 5.74) is 3.88. The number of nitrogens with one attached hydrogen (secondary N) is 2. The van der Waals surface area contributed by atoms with Crippen LogP contribution in [0, 0.1) is 0 Å². The maximum Gasteiger partial charge on any atom is 0.139 e. The van der Waals surface area contributed by atoms with Crippen molar-refractivity contribution >= 4 is 33.7 Å². The number of pyridine rings is 1. The maximum absolute atomic E-state index is 4.57. The van der Waals surface area contributed by atoms with Crippen LogP contribution in [0.25, 0.3) is 28.0 Å². The molecule has 0 fully saturated rings. The van der Waals surface area contributed by atoms with Crippen molar-refractivity contribution in [3.63, 3.8) is 0 Å². The van der Waals surface area contributed by atoms with Crippen LogP contribution in [0.5, 0.6) is 0 Å². The second-order valence-corrected chi connectivity index (χ2v) is 3.94. The SMILES string of the molecule is C=Cc1nc2[nH]c3ccccc3c2cc1NC. The fourth-order valence-electron chi connectivity index (χ4n) is 2.14. The van der Waals surface area contributed by atoms with Gasteiger partial charge in [-0.05, 0) is 18.2 Å². The molecule has 0 saturated heterocycles. The van der Waals surface area contributed by atoms with E-state index >= 15 is 0 Å². The summed E-state index contributed by atoms with van der Waals surface area (Å²) in [6.45, 7) is 3.78. The zero-order valence-electron chi connectivity index (χ0n) is 9.62. The molecule has 2 aromatic heterocycles. The van der Waals surface area contributed by atoms with E-state index in [4.69, 9.17) is 0 Å². The van der Waals surface area contributed by atoms with Crippen LogP contribution in [0.3, 0.4) is 0 Å². The van der Waals surface area contributed by atoms with Gasteiger partial charge in [0.15, 0.2) is 0 Å². The second-order valence-electron chi connectivity index (χ2n) is 3.94. The van der Waals surface area contributed by atoms with Gasteiger partial charge < -0.3 is 10.3 Å². The van der Waals surface area contributed by atoms with Gasteiger partial charge >= 0.3 is 0 Å². The molecule has 0 unspecified atom stereocenters. The van der Waals surface area contributed by atoms with Crippen molar-refractivity contribution in [3.05, 3.63) is 42.6 Å². The van der Waals surface area contributed by atoms with E-state index in [0.29, 0.717) is 0 Å². The first-order valence-corrected chi connectivity index (χ1v) is 5.55. The standard InChI is InChI=1S/C14H13N3/c1-3-11-13(15-2)8-10-9-6-4-5-7-12(9)17-14(10)16-11/h3-8,15H,1H2,2H3,(H,16,17). The third-order valence-electron chi connectivity index (χ3n) is 2.98. The summed E-state index contributed by atoms with van der Waals surface area (Å²) in [6, 6.07) is 10.3. The Balaban J connectivity index is 2.45. The van der Waals surface area contributed by atoms with Crippen molar-refractivity contribution in [1.29, 1.82) is 0 Å². The summed E-state index contributed by atoms with van der Waals surface area (Å²) in [5, 5.41) is 5.48. The summed E-state index contributed by atoms with van der Waals surface area (Å²) in [6.07, 6.45) is 1.76. The summed E-state index contributed by atoms with van der Waals surface area (Å²) in [7, 11) is 1.89. The first-order valence-electron chi connectivity index (χ1n) is 5.55. The zero-order chi connectivity index (χ0) is 11.8. The van der Waals surface area contributed by atoms with Crippen LogP contribution in [0.2, 0.25) is 0 Å². The van der Waals surface area contributed by atoms with Crippen LogP contribution in [0.4, 0.5) is 5.69 Å². The molecule has 0 bridgehead atoms. The number of hydrogen-bond acceptors (Lipinski definition) is 2. The lowest BCUT2D eigenvalue weighted by Gasteiger charge is -2.04. The molecule has 3 nitrogen and oxygen atoms in total. The van der Waals surface area contributed by atoms with Crippen molar-refractivity contribution in [2.24, 2.45) is 0 Å². The van der Waals surface area contributed by atoms with Gasteiger partial charge in [0.1, 0.15) is 5.65 Å². The molecule has 1 aromatic carbocycles. The minimum Gasteiger partial charge on any atom is -0.386 e. The zero-order valence-corrected chi connectivity index (χ0v) is 9.62. The lowest BCUT2D eigenvalue weighted by Crippen LogP contribution is -1.94. The highest BCUT2D eigenvalue weighted by atomic mass is 14.9. The molecular weight excluding hydrogens is 210 g/mol. The van der Waals surface area contributed by atoms with Gasteiger partial charge in [0.25, 0.3) is 0 Å². The van der Waals surface area contributed by atoms with E-state index < -0.39 is 0 Å². The van der Waals surface area contributed by atoms with Crippen LogP contribution in [0.1, 0.15) is 5.69 Å². The molecule has 0 aliphatic carbocycles. The Morgan fingerprint density at radius 3 is 2.88 bits per heavy atom. The molecule has 0 amide bonds. The topological polar surface area (TPSA) is 40.7 Å². The molecule has 3 rings (SSSR count). The Labute approximate surface area is 99.2 Å². The number of anilines is 1. The molecule has 0 aliphatic rings. The molecular formula is C14H13N3. The van der Waals surface area contributed by atoms with Crippen LogP contribution >= 0.6 is 0 Å². The Morgan fingerprint density at radius 2 is 2.12 bits per heavy atom. The maximum atomic E-state index is 4.57. The molecule has 3 aromatic rings. The molecule has 0 spiro atoms. The van der Waals surface area contributed by atoms with Gasteiger partial charge in [0.2, 0.25) is 0 Å². The predicted octanol–water partition coefficient (Wildman–Crippen LogP) is 3.40. The highest BCUT2D eigenvalue weighted by Crippen LogP contribution is 2.28. The quantitative estimate of drug-likeness (QED) is 0.699. The number of fused-ring (bicyclic) bond motifs is 3. The lowest BCUT2D eigenvalue weighted by molar-refractivity contribution is 1.30. The average molecular weight is 223 g/mol. The molecule has 0 atom stereocenters. The largest absolute Gasteiger partial charge is 0.386 e. The predicted molar refractivity (Wildman–Crippen MR) is 73.2 cm³/mol. The monoisotopic (exact) mass is 223 g/mol. The molecule has 84 valence electrons. The fourth-order valence-corrected chi connectivity index (χ4v) is 2.14. The Kier molecular flexibility index (Phi) is 2.11. The molecule has 0 saturated carbocycles. The van der Waals surface area contributed by atoms with Gasteiger partial charge in [0.05, 0.1) is 11.4 Å². The highest BCUT2D eigenvalue weighted by Gasteiger charge is 2.08. The van der Waals surface area contributed by atoms with Crippen molar-refractivity contribution in [2.45, 2.75) is 0 Å². The summed E-state index contributed by atoms with van der Waals surface area (Å²) >= 11 is 0. The van der Waals surface area contributed by atoms with Crippen LogP contribution in [-0.4, -0.2) is 17.0 Å². The number of nitrogens with zero attached hydrogens (tertiary/aromatic N) is 1. The van der Waals surface area contributed by atoms with Gasteiger partial charge in [-0.15, -0.1) is 0 Å². The van der Waals surface area contributed by atoms with Crippen molar-refractivity contribution in [3.8, 4) is 0 Å². The Bertz CT molecular complexity index is 710. The van der Waals surface area contributed by atoms with Crippen molar-refractivity contribution in [1.82, 2.24) is 9.97 Å². The molecule has 0 aliphatic heterocycles. The van der Waals surface area contributed by atoms with E-state index in [1.54, 1.807) is 6.08 Å². The molecule has 2 N–H and O–H groups in total. The highest BCUT2D eigenvalue weighted by molar-refractivity contribution is 6.07. The van der Waals surface area contributed by atoms with E-state index in [2.05, 4.69) is 40.1 Å². The summed E-state index contributed by atoms with van der Waals surface area (Å²) in [4.78, 5) is 7.88. The van der Waals surface area contributed by atoms with Gasteiger partial charge in [-0.1, -0.05) is 24.8 Å². The number of aromatic amines is 1. The third kappa shape index (κ3) is 1.40. The van der Waals surface area contributed by atoms with E-state index in [1.807, 2.05) is 19.2 Å². The average Bonchev–Trinajstić information content (AvgIpc) is 2.74. The number of H-pyrrole nitrogens is 1. The Morgan fingerprint density at radius 1 is 1.29 bits per heavy atom. The van der Waals surface area contributed by atoms with Crippen molar-refractivity contribution in [2.75, 3.05) is 12.4 Å². The number of hydrogen-bond donors (Lipinski definition) is 2. The number of benzene rings is 1. The fraction of sp³-hybridized carbons (Fsp3) is 0.0714. The molecule has 3 heteroatoms. The Hall–Kier alpha value is -2.29. The van der Waals surface area contributed by atoms with E-state index in [-0.39, 0.29) is 0 Å². The van der Waals surface area contributed by atoms with Crippen LogP contribution < -0.4 is 5.32 Å². The van der Waals surface area contributed by atoms with Crippen LogP contribution in [-0.2, 0) is 0 Å². The minimum absolute atomic E-state index is 0.867. The van der Waals surface area contributed by atoms with E-state index in [9.17, 15) is 0 Å². The van der Waals surface area contributed by atoms with Gasteiger partial charge in [-0.25, -0.2) is 4.98 Å². The minimum atomic E-state index is 0.867. The molecule has 0 radical (unpaired) electrons. The van der Waals surface area contributed by atoms with Gasteiger partial charge in [-0.2, -0.15) is 0 Å². The number of rotatable bonds is 2. The molecule has 2 heterocycles. The van der Waals surface area contributed by atoms with E-state index in [0.717, 1.165) is 27.9 Å². The van der Waals surface area contributed by atoms with E-state index in [1.165, 1.54) is 5.39 Å². The number of aromatic nitrogens is 2. The normalized spacial score (nSPS) is 10.9.